The van der Waals surface area contributed by atoms with Crippen molar-refractivity contribution in [2.45, 2.75) is 58.3 Å². The highest BCUT2D eigenvalue weighted by Crippen LogP contribution is 2.10. The number of hydrogen-bond acceptors (Lipinski definition) is 1. The molecule has 0 rings (SSSR count). The first kappa shape index (κ1) is 13.2. The fourth-order valence-corrected chi connectivity index (χ4v) is 1.42. The first-order chi connectivity index (χ1) is 6.68. The largest absolute Gasteiger partial charge is 0.366 e. The van der Waals surface area contributed by atoms with Crippen molar-refractivity contribution in [3.05, 3.63) is 12.2 Å². The Kier molecular flexibility index (Phi) is 8.30. The van der Waals surface area contributed by atoms with Crippen LogP contribution in [0.15, 0.2) is 12.2 Å². The van der Waals surface area contributed by atoms with E-state index >= 15 is 0 Å². The summed E-state index contributed by atoms with van der Waals surface area (Å²) in [5, 5.41) is 0. The van der Waals surface area contributed by atoms with Crippen LogP contribution < -0.4 is 5.73 Å². The summed E-state index contributed by atoms with van der Waals surface area (Å²) in [7, 11) is 0. The topological polar surface area (TPSA) is 43.1 Å². The molecular formula is C12H23NO. The molecular weight excluding hydrogens is 174 g/mol. The van der Waals surface area contributed by atoms with Gasteiger partial charge in [0.05, 0.1) is 0 Å². The number of amides is 1. The fourth-order valence-electron chi connectivity index (χ4n) is 1.42. The normalized spacial score (nSPS) is 10.1. The lowest BCUT2D eigenvalue weighted by molar-refractivity contribution is -0.114. The SMILES string of the molecule is C=C(CCCCCCCCC)C(N)=O. The summed E-state index contributed by atoms with van der Waals surface area (Å²) in [5.74, 6) is -0.351. The summed E-state index contributed by atoms with van der Waals surface area (Å²) >= 11 is 0. The van der Waals surface area contributed by atoms with Crippen molar-refractivity contribution in [3.63, 3.8) is 0 Å². The molecule has 0 saturated carbocycles. The lowest BCUT2D eigenvalue weighted by Gasteiger charge is -2.01. The highest BCUT2D eigenvalue weighted by Gasteiger charge is 2.00. The van der Waals surface area contributed by atoms with Gasteiger partial charge in [-0.15, -0.1) is 0 Å². The van der Waals surface area contributed by atoms with Crippen molar-refractivity contribution >= 4 is 5.91 Å². The predicted molar refractivity (Wildman–Crippen MR) is 60.9 cm³/mol. The molecule has 2 N–H and O–H groups in total. The van der Waals surface area contributed by atoms with Crippen molar-refractivity contribution in [3.8, 4) is 0 Å². The molecule has 2 nitrogen and oxygen atoms in total. The third-order valence-corrected chi connectivity index (χ3v) is 2.43. The van der Waals surface area contributed by atoms with Crippen molar-refractivity contribution in [2.75, 3.05) is 0 Å². The second kappa shape index (κ2) is 8.79. The van der Waals surface area contributed by atoms with Crippen molar-refractivity contribution in [2.24, 2.45) is 5.73 Å². The third kappa shape index (κ3) is 7.84. The Labute approximate surface area is 87.6 Å². The Hall–Kier alpha value is -0.790. The Morgan fingerprint density at radius 2 is 1.57 bits per heavy atom. The van der Waals surface area contributed by atoms with Crippen molar-refractivity contribution in [1.82, 2.24) is 0 Å². The third-order valence-electron chi connectivity index (χ3n) is 2.43. The van der Waals surface area contributed by atoms with E-state index in [4.69, 9.17) is 5.73 Å². The molecule has 0 aliphatic heterocycles. The van der Waals surface area contributed by atoms with Crippen LogP contribution in [0, 0.1) is 0 Å². The van der Waals surface area contributed by atoms with Gasteiger partial charge in [-0.1, -0.05) is 52.0 Å². The minimum Gasteiger partial charge on any atom is -0.366 e. The van der Waals surface area contributed by atoms with E-state index in [9.17, 15) is 4.79 Å². The Morgan fingerprint density at radius 1 is 1.07 bits per heavy atom. The maximum Gasteiger partial charge on any atom is 0.244 e. The Bertz CT molecular complexity index is 175. The standard InChI is InChI=1S/C12H23NO/c1-3-4-5-6-7-8-9-10-11(2)12(13)14/h2-10H2,1H3,(H2,13,14). The lowest BCUT2D eigenvalue weighted by Crippen LogP contribution is -2.12. The van der Waals surface area contributed by atoms with E-state index < -0.39 is 0 Å². The van der Waals surface area contributed by atoms with Crippen LogP contribution in [-0.2, 0) is 4.79 Å². The van der Waals surface area contributed by atoms with Gasteiger partial charge in [0.2, 0.25) is 5.91 Å². The number of primary amides is 1. The molecule has 0 aromatic carbocycles. The van der Waals surface area contributed by atoms with Crippen LogP contribution in [-0.4, -0.2) is 5.91 Å². The average molecular weight is 197 g/mol. The smallest absolute Gasteiger partial charge is 0.244 e. The number of carbonyl (C=O) groups is 1. The highest BCUT2D eigenvalue weighted by atomic mass is 16.1. The van der Waals surface area contributed by atoms with Crippen LogP contribution in [0.4, 0.5) is 0 Å². The van der Waals surface area contributed by atoms with E-state index in [0.717, 1.165) is 12.8 Å². The van der Waals surface area contributed by atoms with E-state index in [-0.39, 0.29) is 5.91 Å². The van der Waals surface area contributed by atoms with Crippen LogP contribution in [0.5, 0.6) is 0 Å². The Morgan fingerprint density at radius 3 is 2.07 bits per heavy atom. The van der Waals surface area contributed by atoms with Crippen LogP contribution >= 0.6 is 0 Å². The molecule has 0 unspecified atom stereocenters. The minimum atomic E-state index is -0.351. The van der Waals surface area contributed by atoms with Gasteiger partial charge in [0.1, 0.15) is 0 Å². The quantitative estimate of drug-likeness (QED) is 0.448. The van der Waals surface area contributed by atoms with Gasteiger partial charge in [-0.3, -0.25) is 4.79 Å². The van der Waals surface area contributed by atoms with Crippen LogP contribution in [0.3, 0.4) is 0 Å². The molecule has 0 aromatic rings. The van der Waals surface area contributed by atoms with Gasteiger partial charge in [0, 0.05) is 5.57 Å². The van der Waals surface area contributed by atoms with Gasteiger partial charge in [-0.05, 0) is 12.8 Å². The second-order valence-corrected chi connectivity index (χ2v) is 3.84. The summed E-state index contributed by atoms with van der Waals surface area (Å²) in [6.45, 7) is 5.85. The molecule has 0 heterocycles. The van der Waals surface area contributed by atoms with E-state index in [2.05, 4.69) is 13.5 Å². The van der Waals surface area contributed by atoms with E-state index in [1.807, 2.05) is 0 Å². The van der Waals surface area contributed by atoms with Crippen molar-refractivity contribution in [1.29, 1.82) is 0 Å². The molecule has 1 amide bonds. The molecule has 0 atom stereocenters. The molecule has 2 heteroatoms. The molecule has 0 fully saturated rings. The maximum atomic E-state index is 10.6. The average Bonchev–Trinajstić information content (AvgIpc) is 2.16. The summed E-state index contributed by atoms with van der Waals surface area (Å²) in [4.78, 5) is 10.6. The number of carbonyl (C=O) groups excluding carboxylic acids is 1. The molecule has 0 saturated heterocycles. The van der Waals surface area contributed by atoms with Gasteiger partial charge in [-0.25, -0.2) is 0 Å². The molecule has 0 aliphatic rings. The zero-order chi connectivity index (χ0) is 10.8. The number of rotatable bonds is 9. The molecule has 0 aliphatic carbocycles. The molecule has 82 valence electrons. The van der Waals surface area contributed by atoms with Crippen LogP contribution in [0.2, 0.25) is 0 Å². The summed E-state index contributed by atoms with van der Waals surface area (Å²) in [6, 6.07) is 0. The zero-order valence-corrected chi connectivity index (χ0v) is 9.35. The number of unbranched alkanes of at least 4 members (excludes halogenated alkanes) is 6. The summed E-state index contributed by atoms with van der Waals surface area (Å²) in [5.41, 5.74) is 5.65. The zero-order valence-electron chi connectivity index (χ0n) is 9.35. The minimum absolute atomic E-state index is 0.351. The maximum absolute atomic E-state index is 10.6. The number of hydrogen-bond donors (Lipinski definition) is 1. The van der Waals surface area contributed by atoms with Crippen LogP contribution in [0.1, 0.15) is 58.3 Å². The van der Waals surface area contributed by atoms with E-state index in [0.29, 0.717) is 5.57 Å². The van der Waals surface area contributed by atoms with Crippen LogP contribution in [0.25, 0.3) is 0 Å². The first-order valence-corrected chi connectivity index (χ1v) is 5.66. The van der Waals surface area contributed by atoms with Gasteiger partial charge in [0.15, 0.2) is 0 Å². The van der Waals surface area contributed by atoms with Gasteiger partial charge >= 0.3 is 0 Å². The predicted octanol–water partition coefficient (Wildman–Crippen LogP) is 3.17. The van der Waals surface area contributed by atoms with Gasteiger partial charge in [-0.2, -0.15) is 0 Å². The molecule has 0 bridgehead atoms. The summed E-state index contributed by atoms with van der Waals surface area (Å²) in [6.07, 6.45) is 9.57. The van der Waals surface area contributed by atoms with Crippen molar-refractivity contribution < 1.29 is 4.79 Å². The van der Waals surface area contributed by atoms with E-state index in [1.165, 1.54) is 38.5 Å². The molecule has 0 spiro atoms. The molecule has 0 radical (unpaired) electrons. The Balaban J connectivity index is 3.13. The summed E-state index contributed by atoms with van der Waals surface area (Å²) < 4.78 is 0. The molecule has 0 aromatic heterocycles. The first-order valence-electron chi connectivity index (χ1n) is 5.66. The molecule has 14 heavy (non-hydrogen) atoms. The monoisotopic (exact) mass is 197 g/mol. The van der Waals surface area contributed by atoms with Gasteiger partial charge in [0.25, 0.3) is 0 Å². The second-order valence-electron chi connectivity index (χ2n) is 3.84. The number of nitrogens with two attached hydrogens (primary N) is 1. The fraction of sp³-hybridized carbons (Fsp3) is 0.750. The van der Waals surface area contributed by atoms with E-state index in [1.54, 1.807) is 0 Å². The van der Waals surface area contributed by atoms with Gasteiger partial charge < -0.3 is 5.73 Å². The lowest BCUT2D eigenvalue weighted by atomic mass is 10.1. The highest BCUT2D eigenvalue weighted by molar-refractivity contribution is 5.91.